The lowest BCUT2D eigenvalue weighted by Crippen LogP contribution is -2.21. The molecule has 0 radical (unpaired) electrons. The van der Waals surface area contributed by atoms with E-state index >= 15 is 0 Å². The number of hydrogen-bond acceptors (Lipinski definition) is 1. The summed E-state index contributed by atoms with van der Waals surface area (Å²) in [4.78, 5) is 2.39. The Kier molecular flexibility index (Phi) is 5.16. The van der Waals surface area contributed by atoms with E-state index in [0.29, 0.717) is 0 Å². The van der Waals surface area contributed by atoms with Gasteiger partial charge in [0.25, 0.3) is 0 Å². The lowest BCUT2D eigenvalue weighted by atomic mass is 9.95. The summed E-state index contributed by atoms with van der Waals surface area (Å²) in [6.07, 6.45) is 4.54. The van der Waals surface area contributed by atoms with E-state index in [4.69, 9.17) is 0 Å². The first-order valence-corrected chi connectivity index (χ1v) is 10.2. The number of nitrogens with zero attached hydrogens (tertiary/aromatic N) is 1. The smallest absolute Gasteiger partial charge is 0.0369 e. The van der Waals surface area contributed by atoms with Crippen molar-refractivity contribution in [2.45, 2.75) is 20.8 Å². The van der Waals surface area contributed by atoms with E-state index in [0.717, 1.165) is 13.1 Å². The molecule has 0 aromatic heterocycles. The number of benzene rings is 4. The molecule has 28 heavy (non-hydrogen) atoms. The molecule has 0 unspecified atom stereocenters. The van der Waals surface area contributed by atoms with Crippen molar-refractivity contribution in [2.75, 3.05) is 18.0 Å². The minimum absolute atomic E-state index is 1.03. The van der Waals surface area contributed by atoms with Crippen molar-refractivity contribution >= 4 is 39.4 Å². The molecule has 0 aliphatic carbocycles. The molecule has 4 aromatic rings. The molecular weight excluding hydrogens is 338 g/mol. The molecule has 0 fully saturated rings. The zero-order chi connectivity index (χ0) is 19.5. The second-order valence-corrected chi connectivity index (χ2v) is 7.28. The number of aryl methyl sites for hydroxylation is 1. The molecule has 0 bridgehead atoms. The zero-order valence-electron chi connectivity index (χ0n) is 16.9. The highest BCUT2D eigenvalue weighted by Gasteiger charge is 2.06. The molecule has 4 aromatic carbocycles. The van der Waals surface area contributed by atoms with Gasteiger partial charge in [0.2, 0.25) is 0 Å². The fourth-order valence-corrected chi connectivity index (χ4v) is 4.03. The van der Waals surface area contributed by atoms with Crippen LogP contribution in [0.5, 0.6) is 0 Å². The largest absolute Gasteiger partial charge is 0.372 e. The molecule has 0 spiro atoms. The average Bonchev–Trinajstić information content (AvgIpc) is 2.73. The van der Waals surface area contributed by atoms with Gasteiger partial charge in [0.05, 0.1) is 0 Å². The molecule has 0 saturated carbocycles. The van der Waals surface area contributed by atoms with Gasteiger partial charge in [0.1, 0.15) is 0 Å². The second-order valence-electron chi connectivity index (χ2n) is 7.28. The van der Waals surface area contributed by atoms with Gasteiger partial charge in [0, 0.05) is 18.8 Å². The van der Waals surface area contributed by atoms with Crippen LogP contribution < -0.4 is 4.90 Å². The molecule has 0 aliphatic rings. The maximum atomic E-state index is 2.39. The molecule has 0 amide bonds. The van der Waals surface area contributed by atoms with Crippen LogP contribution in [0.1, 0.15) is 30.5 Å². The molecule has 0 heterocycles. The van der Waals surface area contributed by atoms with Crippen LogP contribution in [0.15, 0.2) is 72.8 Å². The van der Waals surface area contributed by atoms with E-state index < -0.39 is 0 Å². The van der Waals surface area contributed by atoms with E-state index in [1.807, 2.05) is 0 Å². The number of anilines is 1. The van der Waals surface area contributed by atoms with Crippen molar-refractivity contribution in [2.24, 2.45) is 0 Å². The van der Waals surface area contributed by atoms with E-state index in [1.54, 1.807) is 0 Å². The van der Waals surface area contributed by atoms with Crippen LogP contribution >= 0.6 is 0 Å². The van der Waals surface area contributed by atoms with Crippen LogP contribution in [0, 0.1) is 6.92 Å². The van der Waals surface area contributed by atoms with Crippen molar-refractivity contribution in [3.05, 3.63) is 89.5 Å². The minimum Gasteiger partial charge on any atom is -0.372 e. The molecular formula is C27H27N. The van der Waals surface area contributed by atoms with Crippen LogP contribution in [0.3, 0.4) is 0 Å². The van der Waals surface area contributed by atoms with Gasteiger partial charge in [-0.1, -0.05) is 66.7 Å². The topological polar surface area (TPSA) is 3.24 Å². The summed E-state index contributed by atoms with van der Waals surface area (Å²) in [5, 5.41) is 5.17. The second kappa shape index (κ2) is 7.90. The Labute approximate surface area is 167 Å². The highest BCUT2D eigenvalue weighted by atomic mass is 15.1. The molecule has 0 aliphatic heterocycles. The minimum atomic E-state index is 1.03. The van der Waals surface area contributed by atoms with Crippen molar-refractivity contribution in [1.29, 1.82) is 0 Å². The fourth-order valence-electron chi connectivity index (χ4n) is 4.03. The average molecular weight is 366 g/mol. The van der Waals surface area contributed by atoms with Crippen LogP contribution in [-0.2, 0) is 0 Å². The zero-order valence-corrected chi connectivity index (χ0v) is 16.9. The Bertz CT molecular complexity index is 1100. The molecule has 0 N–H and O–H groups in total. The van der Waals surface area contributed by atoms with Crippen molar-refractivity contribution < 1.29 is 0 Å². The van der Waals surface area contributed by atoms with E-state index in [9.17, 15) is 0 Å². The summed E-state index contributed by atoms with van der Waals surface area (Å²) in [6, 6.07) is 26.4. The Hall–Kier alpha value is -3.06. The summed E-state index contributed by atoms with van der Waals surface area (Å²) >= 11 is 0. The molecule has 140 valence electrons. The Morgan fingerprint density at radius 1 is 0.714 bits per heavy atom. The maximum Gasteiger partial charge on any atom is 0.0369 e. The van der Waals surface area contributed by atoms with Crippen molar-refractivity contribution in [3.8, 4) is 0 Å². The Morgan fingerprint density at radius 2 is 1.32 bits per heavy atom. The quantitative estimate of drug-likeness (QED) is 0.264. The van der Waals surface area contributed by atoms with Gasteiger partial charge >= 0.3 is 0 Å². The summed E-state index contributed by atoms with van der Waals surface area (Å²) in [5.41, 5.74) is 5.18. The van der Waals surface area contributed by atoms with Gasteiger partial charge in [-0.3, -0.25) is 0 Å². The monoisotopic (exact) mass is 365 g/mol. The lowest BCUT2D eigenvalue weighted by molar-refractivity contribution is 0.865. The third kappa shape index (κ3) is 3.41. The predicted octanol–water partition coefficient (Wildman–Crippen LogP) is 7.32. The van der Waals surface area contributed by atoms with Crippen LogP contribution in [0.2, 0.25) is 0 Å². The van der Waals surface area contributed by atoms with Gasteiger partial charge in [-0.2, -0.15) is 0 Å². The highest BCUT2D eigenvalue weighted by Crippen LogP contribution is 2.30. The predicted molar refractivity (Wildman–Crippen MR) is 125 cm³/mol. The normalized spacial score (nSPS) is 11.5. The van der Waals surface area contributed by atoms with Gasteiger partial charge in [-0.25, -0.2) is 0 Å². The molecule has 0 atom stereocenters. The first kappa shape index (κ1) is 18.3. The SMILES string of the molecule is CCN(CC)c1ccc(C=Cc2c3ccccc3cc3ccccc23)c(C)c1. The third-order valence-electron chi connectivity index (χ3n) is 5.62. The van der Waals surface area contributed by atoms with Crippen molar-refractivity contribution in [3.63, 3.8) is 0 Å². The number of hydrogen-bond donors (Lipinski definition) is 0. The van der Waals surface area contributed by atoms with Gasteiger partial charge < -0.3 is 4.90 Å². The maximum absolute atomic E-state index is 2.39. The van der Waals surface area contributed by atoms with Crippen LogP contribution in [-0.4, -0.2) is 13.1 Å². The summed E-state index contributed by atoms with van der Waals surface area (Å²) < 4.78 is 0. The molecule has 4 rings (SSSR count). The summed E-state index contributed by atoms with van der Waals surface area (Å²) in [5.74, 6) is 0. The first-order chi connectivity index (χ1) is 13.7. The molecule has 0 saturated heterocycles. The van der Waals surface area contributed by atoms with Crippen LogP contribution in [0.25, 0.3) is 33.7 Å². The Balaban J connectivity index is 1.80. The van der Waals surface area contributed by atoms with Gasteiger partial charge in [-0.15, -0.1) is 0 Å². The number of fused-ring (bicyclic) bond motifs is 2. The third-order valence-corrected chi connectivity index (χ3v) is 5.62. The van der Waals surface area contributed by atoms with E-state index in [-0.39, 0.29) is 0 Å². The number of rotatable bonds is 5. The van der Waals surface area contributed by atoms with Gasteiger partial charge in [-0.05, 0) is 77.2 Å². The molecule has 1 heteroatoms. The fraction of sp³-hybridized carbons (Fsp3) is 0.185. The lowest BCUT2D eigenvalue weighted by Gasteiger charge is -2.21. The van der Waals surface area contributed by atoms with E-state index in [2.05, 4.69) is 111 Å². The highest BCUT2D eigenvalue weighted by molar-refractivity contribution is 6.07. The van der Waals surface area contributed by atoms with Crippen LogP contribution in [0.4, 0.5) is 5.69 Å². The standard InChI is InChI=1S/C27H27N/c1-4-28(5-2)24-16-14-21(20(3)18-24)15-17-27-25-12-8-6-10-22(25)19-23-11-7-9-13-26(23)27/h6-19H,4-5H2,1-3H3. The first-order valence-electron chi connectivity index (χ1n) is 10.2. The summed E-state index contributed by atoms with van der Waals surface area (Å²) in [6.45, 7) is 8.69. The van der Waals surface area contributed by atoms with Crippen molar-refractivity contribution in [1.82, 2.24) is 0 Å². The molecule has 1 nitrogen and oxygen atoms in total. The Morgan fingerprint density at radius 3 is 1.89 bits per heavy atom. The van der Waals surface area contributed by atoms with E-state index in [1.165, 1.54) is 43.9 Å². The van der Waals surface area contributed by atoms with Gasteiger partial charge in [0.15, 0.2) is 0 Å². The summed E-state index contributed by atoms with van der Waals surface area (Å²) in [7, 11) is 0.